The third kappa shape index (κ3) is 3.30. The summed E-state index contributed by atoms with van der Waals surface area (Å²) < 4.78 is 23.7. The van der Waals surface area contributed by atoms with Crippen molar-refractivity contribution in [2.45, 2.75) is 6.92 Å². The van der Waals surface area contributed by atoms with Crippen LogP contribution >= 0.6 is 0 Å². The maximum Gasteiger partial charge on any atom is 0.203 e. The van der Waals surface area contributed by atoms with Gasteiger partial charge in [-0.15, -0.1) is 0 Å². The van der Waals surface area contributed by atoms with Crippen LogP contribution in [0.4, 0.5) is 0 Å². The van der Waals surface area contributed by atoms with Gasteiger partial charge in [0.25, 0.3) is 0 Å². The Morgan fingerprint density at radius 3 is 1.90 bits per heavy atom. The summed E-state index contributed by atoms with van der Waals surface area (Å²) in [5.41, 5.74) is 4.97. The smallest absolute Gasteiger partial charge is 0.203 e. The van der Waals surface area contributed by atoms with Crippen LogP contribution in [0.2, 0.25) is 0 Å². The summed E-state index contributed by atoms with van der Waals surface area (Å²) in [6.45, 7) is 2.00. The highest BCUT2D eigenvalue weighted by Gasteiger charge is 2.17. The molecule has 4 rings (SSSR count). The van der Waals surface area contributed by atoms with E-state index in [2.05, 4.69) is 18.2 Å². The molecule has 0 saturated heterocycles. The number of rotatable bonds is 6. The van der Waals surface area contributed by atoms with Gasteiger partial charge in [0, 0.05) is 17.5 Å². The number of methoxy groups -OCH3 is 4. The number of benzene rings is 3. The monoisotopic (exact) mass is 404 g/mol. The van der Waals surface area contributed by atoms with E-state index in [4.69, 9.17) is 24.0 Å². The lowest BCUT2D eigenvalue weighted by Crippen LogP contribution is -2.01. The third-order valence-corrected chi connectivity index (χ3v) is 5.18. The highest BCUT2D eigenvalue weighted by Crippen LogP contribution is 2.40. The summed E-state index contributed by atoms with van der Waals surface area (Å²) in [5.74, 6) is 2.55. The molecule has 0 aliphatic heterocycles. The number of ether oxygens (including phenoxy) is 4. The Kier molecular flexibility index (Phi) is 5.23. The Hall–Kier alpha value is -3.67. The maximum atomic E-state index is 5.52. The molecule has 0 N–H and O–H groups in total. The van der Waals surface area contributed by atoms with Crippen LogP contribution in [0.3, 0.4) is 0 Å². The maximum absolute atomic E-state index is 5.52. The minimum Gasteiger partial charge on any atom is -0.497 e. The fourth-order valence-corrected chi connectivity index (χ4v) is 3.62. The lowest BCUT2D eigenvalue weighted by atomic mass is 10.0. The summed E-state index contributed by atoms with van der Waals surface area (Å²) in [5, 5.41) is 5.86. The molecule has 0 unspecified atom stereocenters. The van der Waals surface area contributed by atoms with Gasteiger partial charge < -0.3 is 18.9 Å². The molecule has 0 amide bonds. The average molecular weight is 404 g/mol. The Labute approximate surface area is 175 Å². The van der Waals surface area contributed by atoms with Crippen LogP contribution in [0, 0.1) is 6.92 Å². The summed E-state index contributed by atoms with van der Waals surface area (Å²) in [4.78, 5) is 0. The van der Waals surface area contributed by atoms with E-state index in [0.717, 1.165) is 39.2 Å². The van der Waals surface area contributed by atoms with E-state index in [1.54, 1.807) is 28.4 Å². The standard InChI is InChI=1S/C24H24N2O4/c1-15-20-11-8-17(16-6-9-19(27-2)10-7-16)12-21(20)26(25-15)18-13-22(28-3)24(30-5)23(14-18)29-4/h6-14H,1-5H3. The number of hydrogen-bond acceptors (Lipinski definition) is 5. The van der Waals surface area contributed by atoms with Crippen LogP contribution in [-0.4, -0.2) is 38.2 Å². The second-order valence-corrected chi connectivity index (χ2v) is 6.84. The summed E-state index contributed by atoms with van der Waals surface area (Å²) in [6.07, 6.45) is 0. The first-order valence-electron chi connectivity index (χ1n) is 9.53. The molecule has 154 valence electrons. The van der Waals surface area contributed by atoms with E-state index < -0.39 is 0 Å². The summed E-state index contributed by atoms with van der Waals surface area (Å²) >= 11 is 0. The zero-order valence-electron chi connectivity index (χ0n) is 17.7. The fourth-order valence-electron chi connectivity index (χ4n) is 3.62. The van der Waals surface area contributed by atoms with E-state index in [0.29, 0.717) is 17.2 Å². The molecule has 1 aromatic heterocycles. The molecule has 0 aliphatic rings. The van der Waals surface area contributed by atoms with Crippen molar-refractivity contribution in [3.05, 3.63) is 60.3 Å². The van der Waals surface area contributed by atoms with Gasteiger partial charge >= 0.3 is 0 Å². The third-order valence-electron chi connectivity index (χ3n) is 5.18. The lowest BCUT2D eigenvalue weighted by molar-refractivity contribution is 0.324. The van der Waals surface area contributed by atoms with Crippen molar-refractivity contribution in [3.63, 3.8) is 0 Å². The molecule has 0 aliphatic carbocycles. The molecule has 0 bridgehead atoms. The predicted octanol–water partition coefficient (Wildman–Crippen LogP) is 5.04. The predicted molar refractivity (Wildman–Crippen MR) is 117 cm³/mol. The number of nitrogens with zero attached hydrogens (tertiary/aromatic N) is 2. The van der Waals surface area contributed by atoms with Gasteiger partial charge in [0.05, 0.1) is 45.3 Å². The number of hydrogen-bond donors (Lipinski definition) is 0. The minimum atomic E-state index is 0.552. The van der Waals surface area contributed by atoms with Crippen molar-refractivity contribution >= 4 is 10.9 Å². The van der Waals surface area contributed by atoms with Gasteiger partial charge in [0.2, 0.25) is 5.75 Å². The quantitative estimate of drug-likeness (QED) is 0.451. The van der Waals surface area contributed by atoms with Crippen LogP contribution in [0.5, 0.6) is 23.0 Å². The van der Waals surface area contributed by atoms with E-state index in [-0.39, 0.29) is 0 Å². The van der Waals surface area contributed by atoms with Gasteiger partial charge in [-0.3, -0.25) is 0 Å². The van der Waals surface area contributed by atoms with Gasteiger partial charge in [0.15, 0.2) is 11.5 Å². The lowest BCUT2D eigenvalue weighted by Gasteiger charge is -2.14. The SMILES string of the molecule is COc1ccc(-c2ccc3c(C)nn(-c4cc(OC)c(OC)c(OC)c4)c3c2)cc1. The fraction of sp³-hybridized carbons (Fsp3) is 0.208. The molecule has 0 radical (unpaired) electrons. The summed E-state index contributed by atoms with van der Waals surface area (Å²) in [7, 11) is 6.47. The van der Waals surface area contributed by atoms with Crippen LogP contribution in [0.1, 0.15) is 5.69 Å². The van der Waals surface area contributed by atoms with Crippen LogP contribution in [0.25, 0.3) is 27.7 Å². The van der Waals surface area contributed by atoms with Crippen molar-refractivity contribution in [3.8, 4) is 39.8 Å². The Bertz CT molecular complexity index is 1170. The number of aromatic nitrogens is 2. The van der Waals surface area contributed by atoms with Crippen molar-refractivity contribution in [1.29, 1.82) is 0 Å². The average Bonchev–Trinajstić information content (AvgIpc) is 3.13. The highest BCUT2D eigenvalue weighted by atomic mass is 16.5. The van der Waals surface area contributed by atoms with Crippen molar-refractivity contribution in [2.24, 2.45) is 0 Å². The number of fused-ring (bicyclic) bond motifs is 1. The molecule has 0 atom stereocenters. The first-order valence-corrected chi connectivity index (χ1v) is 9.53. The van der Waals surface area contributed by atoms with Gasteiger partial charge in [0.1, 0.15) is 5.75 Å². The molecule has 0 fully saturated rings. The second kappa shape index (κ2) is 7.99. The minimum absolute atomic E-state index is 0.552. The Morgan fingerprint density at radius 2 is 1.33 bits per heavy atom. The Balaban J connectivity index is 1.89. The topological polar surface area (TPSA) is 54.7 Å². The highest BCUT2D eigenvalue weighted by molar-refractivity contribution is 5.88. The number of aryl methyl sites for hydroxylation is 1. The normalized spacial score (nSPS) is 10.8. The van der Waals surface area contributed by atoms with Gasteiger partial charge in [-0.25, -0.2) is 4.68 Å². The van der Waals surface area contributed by atoms with Gasteiger partial charge in [-0.1, -0.05) is 24.3 Å². The van der Waals surface area contributed by atoms with E-state index >= 15 is 0 Å². The van der Waals surface area contributed by atoms with E-state index in [1.807, 2.05) is 48.0 Å². The molecule has 4 aromatic rings. The van der Waals surface area contributed by atoms with Crippen molar-refractivity contribution in [2.75, 3.05) is 28.4 Å². The van der Waals surface area contributed by atoms with Gasteiger partial charge in [-0.2, -0.15) is 5.10 Å². The zero-order chi connectivity index (χ0) is 21.3. The van der Waals surface area contributed by atoms with Crippen molar-refractivity contribution < 1.29 is 18.9 Å². The van der Waals surface area contributed by atoms with Gasteiger partial charge in [-0.05, 0) is 36.2 Å². The molecule has 1 heterocycles. The molecule has 6 heteroatoms. The molecular formula is C24H24N2O4. The molecule has 0 saturated carbocycles. The molecule has 6 nitrogen and oxygen atoms in total. The van der Waals surface area contributed by atoms with Crippen molar-refractivity contribution in [1.82, 2.24) is 9.78 Å². The first-order chi connectivity index (χ1) is 14.6. The van der Waals surface area contributed by atoms with Crippen LogP contribution < -0.4 is 18.9 Å². The second-order valence-electron chi connectivity index (χ2n) is 6.84. The largest absolute Gasteiger partial charge is 0.497 e. The molecule has 30 heavy (non-hydrogen) atoms. The van der Waals surface area contributed by atoms with Crippen LogP contribution in [0.15, 0.2) is 54.6 Å². The molecule has 3 aromatic carbocycles. The zero-order valence-corrected chi connectivity index (χ0v) is 17.7. The summed E-state index contributed by atoms with van der Waals surface area (Å²) in [6, 6.07) is 18.2. The molecular weight excluding hydrogens is 380 g/mol. The van der Waals surface area contributed by atoms with Crippen LogP contribution in [-0.2, 0) is 0 Å². The first kappa shape index (κ1) is 19.6. The van der Waals surface area contributed by atoms with E-state index in [1.165, 1.54) is 0 Å². The molecule has 0 spiro atoms. The Morgan fingerprint density at radius 1 is 0.700 bits per heavy atom. The van der Waals surface area contributed by atoms with E-state index in [9.17, 15) is 0 Å².